The van der Waals surface area contributed by atoms with Crippen molar-refractivity contribution in [2.75, 3.05) is 6.61 Å². The number of rotatable bonds is 6. The molecule has 0 aliphatic heterocycles. The number of carbonyl (C=O) groups is 1. The zero-order valence-electron chi connectivity index (χ0n) is 13.1. The average Bonchev–Trinajstić information content (AvgIpc) is 2.55. The Morgan fingerprint density at radius 1 is 1.17 bits per heavy atom. The Hall–Kier alpha value is -2.33. The second-order valence-corrected chi connectivity index (χ2v) is 5.79. The summed E-state index contributed by atoms with van der Waals surface area (Å²) in [5.74, 6) is 0.749. The van der Waals surface area contributed by atoms with Gasteiger partial charge in [-0.25, -0.2) is 5.43 Å². The van der Waals surface area contributed by atoms with Crippen LogP contribution in [-0.2, 0) is 4.79 Å². The minimum absolute atomic E-state index is 0.106. The molecule has 4 nitrogen and oxygen atoms in total. The first-order valence-electron chi connectivity index (χ1n) is 7.35. The van der Waals surface area contributed by atoms with E-state index in [-0.39, 0.29) is 12.5 Å². The van der Waals surface area contributed by atoms with Crippen LogP contribution in [0.2, 0.25) is 5.02 Å². The summed E-state index contributed by atoms with van der Waals surface area (Å²) in [5, 5.41) is 4.54. The van der Waals surface area contributed by atoms with Gasteiger partial charge < -0.3 is 4.74 Å². The molecule has 0 heterocycles. The molecule has 1 N–H and O–H groups in total. The molecule has 0 aromatic heterocycles. The zero-order valence-corrected chi connectivity index (χ0v) is 13.9. The fraction of sp³-hybridized carbons (Fsp3) is 0.222. The van der Waals surface area contributed by atoms with Crippen molar-refractivity contribution >= 4 is 23.7 Å². The quantitative estimate of drug-likeness (QED) is 0.643. The van der Waals surface area contributed by atoms with Crippen LogP contribution in [0.1, 0.15) is 30.9 Å². The number of hydrogen-bond donors (Lipinski definition) is 1. The summed E-state index contributed by atoms with van der Waals surface area (Å²) >= 11 is 5.77. The van der Waals surface area contributed by atoms with Crippen LogP contribution in [0.25, 0.3) is 0 Å². The molecule has 0 aliphatic rings. The maximum absolute atomic E-state index is 11.6. The Morgan fingerprint density at radius 3 is 2.43 bits per heavy atom. The van der Waals surface area contributed by atoms with E-state index in [9.17, 15) is 4.79 Å². The number of amides is 1. The third-order valence-electron chi connectivity index (χ3n) is 3.19. The highest BCUT2D eigenvalue weighted by atomic mass is 35.5. The molecule has 0 radical (unpaired) electrons. The van der Waals surface area contributed by atoms with Crippen LogP contribution >= 0.6 is 11.6 Å². The van der Waals surface area contributed by atoms with Crippen LogP contribution in [0.3, 0.4) is 0 Å². The van der Waals surface area contributed by atoms with Gasteiger partial charge in [-0.1, -0.05) is 49.7 Å². The number of carbonyl (C=O) groups excluding carboxylic acids is 1. The van der Waals surface area contributed by atoms with E-state index in [1.807, 2.05) is 12.1 Å². The highest BCUT2D eigenvalue weighted by Gasteiger charge is 2.01. The topological polar surface area (TPSA) is 50.7 Å². The summed E-state index contributed by atoms with van der Waals surface area (Å²) in [4.78, 5) is 11.6. The first-order chi connectivity index (χ1) is 11.0. The fourth-order valence-electron chi connectivity index (χ4n) is 1.86. The van der Waals surface area contributed by atoms with Gasteiger partial charge in [-0.05, 0) is 41.3 Å². The largest absolute Gasteiger partial charge is 0.484 e. The second kappa shape index (κ2) is 8.34. The summed E-state index contributed by atoms with van der Waals surface area (Å²) in [6, 6.07) is 14.9. The Labute approximate surface area is 141 Å². The Bertz CT molecular complexity index is 664. The normalized spacial score (nSPS) is 11.0. The zero-order chi connectivity index (χ0) is 16.7. The Balaban J connectivity index is 1.78. The second-order valence-electron chi connectivity index (χ2n) is 5.36. The van der Waals surface area contributed by atoms with Crippen molar-refractivity contribution in [3.05, 3.63) is 64.7 Å². The number of ether oxygens (including phenoxy) is 1. The van der Waals surface area contributed by atoms with Gasteiger partial charge in [0.05, 0.1) is 6.21 Å². The lowest BCUT2D eigenvalue weighted by Gasteiger charge is -2.05. The van der Waals surface area contributed by atoms with Crippen molar-refractivity contribution in [1.29, 1.82) is 0 Å². The number of nitrogens with one attached hydrogen (secondary N) is 1. The lowest BCUT2D eigenvalue weighted by molar-refractivity contribution is -0.123. The molecule has 2 aromatic carbocycles. The van der Waals surface area contributed by atoms with E-state index >= 15 is 0 Å². The molecule has 0 atom stereocenters. The van der Waals surface area contributed by atoms with Gasteiger partial charge in [0.1, 0.15) is 5.75 Å². The summed E-state index contributed by atoms with van der Waals surface area (Å²) in [7, 11) is 0. The van der Waals surface area contributed by atoms with Crippen LogP contribution in [0, 0.1) is 0 Å². The molecule has 120 valence electrons. The Morgan fingerprint density at radius 2 is 1.83 bits per heavy atom. The van der Waals surface area contributed by atoms with E-state index in [0.717, 1.165) is 5.56 Å². The van der Waals surface area contributed by atoms with E-state index in [4.69, 9.17) is 16.3 Å². The van der Waals surface area contributed by atoms with Gasteiger partial charge in [-0.3, -0.25) is 4.79 Å². The first kappa shape index (κ1) is 17.0. The van der Waals surface area contributed by atoms with E-state index < -0.39 is 0 Å². The lowest BCUT2D eigenvalue weighted by atomic mass is 10.0. The van der Waals surface area contributed by atoms with Gasteiger partial charge in [0.15, 0.2) is 6.61 Å². The number of benzene rings is 2. The number of halogens is 1. The summed E-state index contributed by atoms with van der Waals surface area (Å²) in [6.45, 7) is 4.18. The maximum atomic E-state index is 11.6. The molecule has 5 heteroatoms. The highest BCUT2D eigenvalue weighted by Crippen LogP contribution is 2.15. The van der Waals surface area contributed by atoms with Crippen molar-refractivity contribution in [1.82, 2.24) is 5.43 Å². The SMILES string of the molecule is CC(C)c1ccc(/C=N/NC(=O)COc2ccc(Cl)cc2)cc1. The summed E-state index contributed by atoms with van der Waals surface area (Å²) < 4.78 is 5.32. The molecule has 0 fully saturated rings. The van der Waals surface area contributed by atoms with Crippen LogP contribution in [0.5, 0.6) is 5.75 Å². The van der Waals surface area contributed by atoms with Gasteiger partial charge in [-0.2, -0.15) is 5.10 Å². The molecule has 2 aromatic rings. The van der Waals surface area contributed by atoms with Gasteiger partial charge in [0.25, 0.3) is 5.91 Å². The van der Waals surface area contributed by atoms with Gasteiger partial charge in [-0.15, -0.1) is 0 Å². The summed E-state index contributed by atoms with van der Waals surface area (Å²) in [6.07, 6.45) is 1.60. The van der Waals surface area contributed by atoms with Gasteiger partial charge >= 0.3 is 0 Å². The maximum Gasteiger partial charge on any atom is 0.277 e. The smallest absolute Gasteiger partial charge is 0.277 e. The molecular formula is C18H19ClN2O2. The van der Waals surface area contributed by atoms with Gasteiger partial charge in [0, 0.05) is 5.02 Å². The third-order valence-corrected chi connectivity index (χ3v) is 3.44. The molecule has 0 aliphatic carbocycles. The van der Waals surface area contributed by atoms with E-state index in [1.165, 1.54) is 5.56 Å². The average molecular weight is 331 g/mol. The monoisotopic (exact) mass is 330 g/mol. The molecule has 0 unspecified atom stereocenters. The molecule has 0 spiro atoms. The predicted molar refractivity (Wildman–Crippen MR) is 93.2 cm³/mol. The molecule has 0 saturated carbocycles. The van der Waals surface area contributed by atoms with E-state index in [0.29, 0.717) is 16.7 Å². The molecule has 1 amide bonds. The molecule has 0 bridgehead atoms. The van der Waals surface area contributed by atoms with Crippen LogP contribution < -0.4 is 10.2 Å². The van der Waals surface area contributed by atoms with Gasteiger partial charge in [0.2, 0.25) is 0 Å². The minimum atomic E-state index is -0.324. The number of hydrazone groups is 1. The van der Waals surface area contributed by atoms with Crippen molar-refractivity contribution in [3.63, 3.8) is 0 Å². The highest BCUT2D eigenvalue weighted by molar-refractivity contribution is 6.30. The van der Waals surface area contributed by atoms with Crippen LogP contribution in [0.4, 0.5) is 0 Å². The molecule has 23 heavy (non-hydrogen) atoms. The molecule has 0 saturated heterocycles. The van der Waals surface area contributed by atoms with Crippen LogP contribution in [0.15, 0.2) is 53.6 Å². The number of nitrogens with zero attached hydrogens (tertiary/aromatic N) is 1. The van der Waals surface area contributed by atoms with Crippen LogP contribution in [-0.4, -0.2) is 18.7 Å². The van der Waals surface area contributed by atoms with E-state index in [2.05, 4.69) is 36.5 Å². The van der Waals surface area contributed by atoms with Crippen molar-refractivity contribution < 1.29 is 9.53 Å². The summed E-state index contributed by atoms with van der Waals surface area (Å²) in [5.41, 5.74) is 4.62. The Kier molecular flexibility index (Phi) is 6.18. The standard InChI is InChI=1S/C18H19ClN2O2/c1-13(2)15-5-3-14(4-6-15)11-20-21-18(22)12-23-17-9-7-16(19)8-10-17/h3-11,13H,12H2,1-2H3,(H,21,22)/b20-11+. The first-order valence-corrected chi connectivity index (χ1v) is 7.72. The number of hydrogen-bond acceptors (Lipinski definition) is 3. The predicted octanol–water partition coefficient (Wildman–Crippen LogP) is 3.99. The molecule has 2 rings (SSSR count). The molecular weight excluding hydrogens is 312 g/mol. The van der Waals surface area contributed by atoms with E-state index in [1.54, 1.807) is 30.5 Å². The minimum Gasteiger partial charge on any atom is -0.484 e. The third kappa shape index (κ3) is 5.75. The van der Waals surface area contributed by atoms with Crippen molar-refractivity contribution in [2.24, 2.45) is 5.10 Å². The van der Waals surface area contributed by atoms with Crippen molar-refractivity contribution in [3.8, 4) is 5.75 Å². The lowest BCUT2D eigenvalue weighted by Crippen LogP contribution is -2.24. The fourth-order valence-corrected chi connectivity index (χ4v) is 1.98. The van der Waals surface area contributed by atoms with Crippen molar-refractivity contribution in [2.45, 2.75) is 19.8 Å².